The Balaban J connectivity index is 2.09. The summed E-state index contributed by atoms with van der Waals surface area (Å²) in [6, 6.07) is 10.1. The summed E-state index contributed by atoms with van der Waals surface area (Å²) in [5.74, 6) is 1.58. The number of benzene rings is 1. The van der Waals surface area contributed by atoms with Crippen molar-refractivity contribution in [3.05, 3.63) is 48.3 Å². The lowest BCUT2D eigenvalue weighted by Gasteiger charge is -2.08. The molecule has 3 nitrogen and oxygen atoms in total. The summed E-state index contributed by atoms with van der Waals surface area (Å²) in [5.41, 5.74) is 2.28. The van der Waals surface area contributed by atoms with Crippen LogP contribution >= 0.6 is 0 Å². The van der Waals surface area contributed by atoms with Crippen molar-refractivity contribution in [3.8, 4) is 11.5 Å². The number of aryl methyl sites for hydroxylation is 1. The Hall–Kier alpha value is -2.03. The van der Waals surface area contributed by atoms with Crippen LogP contribution in [0.25, 0.3) is 0 Å². The maximum atomic E-state index is 5.76. The SMILES string of the molecule is CCNc1cncc(Oc2ccc(CC)cc2)c1. The molecule has 1 aromatic heterocycles. The van der Waals surface area contributed by atoms with Gasteiger partial charge in [-0.3, -0.25) is 4.98 Å². The number of aromatic nitrogens is 1. The molecule has 0 aliphatic heterocycles. The van der Waals surface area contributed by atoms with Gasteiger partial charge in [-0.05, 0) is 31.0 Å². The molecule has 18 heavy (non-hydrogen) atoms. The summed E-state index contributed by atoms with van der Waals surface area (Å²) in [4.78, 5) is 4.15. The van der Waals surface area contributed by atoms with Crippen molar-refractivity contribution in [3.63, 3.8) is 0 Å². The van der Waals surface area contributed by atoms with Gasteiger partial charge in [0.25, 0.3) is 0 Å². The largest absolute Gasteiger partial charge is 0.456 e. The van der Waals surface area contributed by atoms with Gasteiger partial charge in [0, 0.05) is 12.6 Å². The van der Waals surface area contributed by atoms with Gasteiger partial charge in [-0.25, -0.2) is 0 Å². The summed E-state index contributed by atoms with van der Waals surface area (Å²) < 4.78 is 5.76. The van der Waals surface area contributed by atoms with E-state index in [0.717, 1.165) is 30.2 Å². The van der Waals surface area contributed by atoms with Gasteiger partial charge in [0.05, 0.1) is 18.1 Å². The van der Waals surface area contributed by atoms with E-state index in [2.05, 4.69) is 36.3 Å². The second kappa shape index (κ2) is 6.05. The topological polar surface area (TPSA) is 34.2 Å². The van der Waals surface area contributed by atoms with Crippen LogP contribution in [0.5, 0.6) is 11.5 Å². The average molecular weight is 242 g/mol. The van der Waals surface area contributed by atoms with E-state index in [0.29, 0.717) is 0 Å². The second-order valence-electron chi connectivity index (χ2n) is 4.04. The van der Waals surface area contributed by atoms with Gasteiger partial charge in [-0.15, -0.1) is 0 Å². The smallest absolute Gasteiger partial charge is 0.147 e. The third-order valence-corrected chi connectivity index (χ3v) is 2.66. The number of nitrogens with one attached hydrogen (secondary N) is 1. The molecular weight excluding hydrogens is 224 g/mol. The third kappa shape index (κ3) is 3.23. The summed E-state index contributed by atoms with van der Waals surface area (Å²) in [6.07, 6.45) is 4.54. The first-order valence-corrected chi connectivity index (χ1v) is 6.27. The van der Waals surface area contributed by atoms with Crippen LogP contribution in [-0.4, -0.2) is 11.5 Å². The van der Waals surface area contributed by atoms with E-state index < -0.39 is 0 Å². The zero-order chi connectivity index (χ0) is 12.8. The lowest BCUT2D eigenvalue weighted by Crippen LogP contribution is -1.97. The van der Waals surface area contributed by atoms with E-state index >= 15 is 0 Å². The minimum atomic E-state index is 0.748. The van der Waals surface area contributed by atoms with Crippen LogP contribution in [0.1, 0.15) is 19.4 Å². The van der Waals surface area contributed by atoms with E-state index in [1.807, 2.05) is 18.2 Å². The van der Waals surface area contributed by atoms with Crippen molar-refractivity contribution in [1.82, 2.24) is 4.98 Å². The molecule has 0 bridgehead atoms. The number of nitrogens with zero attached hydrogens (tertiary/aromatic N) is 1. The number of rotatable bonds is 5. The van der Waals surface area contributed by atoms with Crippen molar-refractivity contribution >= 4 is 5.69 Å². The fourth-order valence-electron chi connectivity index (χ4n) is 1.70. The molecular formula is C15H18N2O. The molecule has 0 atom stereocenters. The van der Waals surface area contributed by atoms with E-state index in [9.17, 15) is 0 Å². The van der Waals surface area contributed by atoms with Crippen molar-refractivity contribution in [2.75, 3.05) is 11.9 Å². The highest BCUT2D eigenvalue weighted by Gasteiger charge is 1.99. The third-order valence-electron chi connectivity index (χ3n) is 2.66. The van der Waals surface area contributed by atoms with Gasteiger partial charge >= 0.3 is 0 Å². The predicted molar refractivity (Wildman–Crippen MR) is 74.3 cm³/mol. The molecule has 1 heterocycles. The highest BCUT2D eigenvalue weighted by molar-refractivity contribution is 5.46. The molecule has 0 fully saturated rings. The molecule has 1 aromatic carbocycles. The lowest BCUT2D eigenvalue weighted by molar-refractivity contribution is 0.480. The van der Waals surface area contributed by atoms with Crippen LogP contribution in [-0.2, 0) is 6.42 Å². The van der Waals surface area contributed by atoms with Crippen LogP contribution in [0.4, 0.5) is 5.69 Å². The first-order valence-electron chi connectivity index (χ1n) is 6.27. The van der Waals surface area contributed by atoms with E-state index in [4.69, 9.17) is 4.74 Å². The van der Waals surface area contributed by atoms with E-state index in [1.54, 1.807) is 12.4 Å². The number of anilines is 1. The van der Waals surface area contributed by atoms with E-state index in [-0.39, 0.29) is 0 Å². The van der Waals surface area contributed by atoms with Crippen LogP contribution in [0.3, 0.4) is 0 Å². The lowest BCUT2D eigenvalue weighted by atomic mass is 10.2. The fraction of sp³-hybridized carbons (Fsp3) is 0.267. The fourth-order valence-corrected chi connectivity index (χ4v) is 1.70. The summed E-state index contributed by atoms with van der Waals surface area (Å²) >= 11 is 0. The van der Waals surface area contributed by atoms with Crippen molar-refractivity contribution in [2.24, 2.45) is 0 Å². The van der Waals surface area contributed by atoms with Crippen molar-refractivity contribution in [2.45, 2.75) is 20.3 Å². The summed E-state index contributed by atoms with van der Waals surface area (Å²) in [6.45, 7) is 5.06. The standard InChI is InChI=1S/C15H18N2O/c1-3-12-5-7-14(8-6-12)18-15-9-13(17-4-2)10-16-11-15/h5-11,17H,3-4H2,1-2H3. The molecule has 0 saturated carbocycles. The Morgan fingerprint density at radius 3 is 2.50 bits per heavy atom. The van der Waals surface area contributed by atoms with Crippen LogP contribution < -0.4 is 10.1 Å². The highest BCUT2D eigenvalue weighted by Crippen LogP contribution is 2.23. The number of ether oxygens (including phenoxy) is 1. The maximum absolute atomic E-state index is 5.76. The van der Waals surface area contributed by atoms with Crippen molar-refractivity contribution < 1.29 is 4.74 Å². The zero-order valence-corrected chi connectivity index (χ0v) is 10.8. The molecule has 0 spiro atoms. The molecule has 0 aliphatic carbocycles. The van der Waals surface area contributed by atoms with E-state index in [1.165, 1.54) is 5.56 Å². The molecule has 0 saturated heterocycles. The van der Waals surface area contributed by atoms with Gasteiger partial charge in [0.1, 0.15) is 11.5 Å². The first kappa shape index (κ1) is 12.4. The van der Waals surface area contributed by atoms with Crippen LogP contribution in [0.15, 0.2) is 42.7 Å². The maximum Gasteiger partial charge on any atom is 0.147 e. The molecule has 94 valence electrons. The van der Waals surface area contributed by atoms with Crippen LogP contribution in [0, 0.1) is 0 Å². The monoisotopic (exact) mass is 242 g/mol. The zero-order valence-electron chi connectivity index (χ0n) is 10.8. The molecule has 2 aromatic rings. The van der Waals surface area contributed by atoms with Gasteiger partial charge in [0.2, 0.25) is 0 Å². The van der Waals surface area contributed by atoms with Crippen LogP contribution in [0.2, 0.25) is 0 Å². The van der Waals surface area contributed by atoms with Crippen molar-refractivity contribution in [1.29, 1.82) is 0 Å². The molecule has 1 N–H and O–H groups in total. The molecule has 0 radical (unpaired) electrons. The predicted octanol–water partition coefficient (Wildman–Crippen LogP) is 3.87. The number of pyridine rings is 1. The summed E-state index contributed by atoms with van der Waals surface area (Å²) in [7, 11) is 0. The number of hydrogen-bond acceptors (Lipinski definition) is 3. The molecule has 3 heteroatoms. The molecule has 0 aliphatic rings. The molecule has 0 unspecified atom stereocenters. The molecule has 2 rings (SSSR count). The number of hydrogen-bond donors (Lipinski definition) is 1. The minimum absolute atomic E-state index is 0.748. The Morgan fingerprint density at radius 1 is 1.06 bits per heavy atom. The molecule has 0 amide bonds. The summed E-state index contributed by atoms with van der Waals surface area (Å²) in [5, 5.41) is 3.21. The van der Waals surface area contributed by atoms with Gasteiger partial charge < -0.3 is 10.1 Å². The Kier molecular flexibility index (Phi) is 4.18. The minimum Gasteiger partial charge on any atom is -0.456 e. The van der Waals surface area contributed by atoms with Gasteiger partial charge in [-0.2, -0.15) is 0 Å². The normalized spacial score (nSPS) is 10.1. The Labute approximate surface area is 108 Å². The quantitative estimate of drug-likeness (QED) is 0.864. The Bertz CT molecular complexity index is 494. The second-order valence-corrected chi connectivity index (χ2v) is 4.04. The first-order chi connectivity index (χ1) is 8.81. The Morgan fingerprint density at radius 2 is 1.83 bits per heavy atom. The van der Waals surface area contributed by atoms with Gasteiger partial charge in [0.15, 0.2) is 0 Å². The van der Waals surface area contributed by atoms with Gasteiger partial charge in [-0.1, -0.05) is 19.1 Å². The average Bonchev–Trinajstić information content (AvgIpc) is 2.40. The highest BCUT2D eigenvalue weighted by atomic mass is 16.5.